The molecule has 2 aromatic heterocycles. The maximum absolute atomic E-state index is 4.83. The van der Waals surface area contributed by atoms with Crippen LogP contribution in [-0.2, 0) is 19.5 Å². The Kier molecular flexibility index (Phi) is 4.10. The smallest absolute Gasteiger partial charge is 0.131 e. The molecule has 0 atom stereocenters. The number of rotatable bonds is 4. The van der Waals surface area contributed by atoms with Crippen LogP contribution in [0.2, 0.25) is 0 Å². The zero-order chi connectivity index (χ0) is 17.5. The first-order chi connectivity index (χ1) is 12.7. The molecule has 132 valence electrons. The minimum Gasteiger partial charge on any atom is -0.293 e. The monoisotopic (exact) mass is 361 g/mol. The summed E-state index contributed by atoms with van der Waals surface area (Å²) in [6.07, 6.45) is 5.67. The summed E-state index contributed by atoms with van der Waals surface area (Å²) in [6, 6.07) is 13.3. The van der Waals surface area contributed by atoms with E-state index in [4.69, 9.17) is 4.98 Å². The molecule has 0 saturated heterocycles. The lowest BCUT2D eigenvalue weighted by Crippen LogP contribution is -2.30. The SMILES string of the molecule is Cc1ccc(-c2ccc(CN3CCc4nc(C5CC5)ncc4C3)s2)cc1. The highest BCUT2D eigenvalue weighted by Gasteiger charge is 2.28. The Labute approximate surface area is 158 Å². The van der Waals surface area contributed by atoms with Gasteiger partial charge in [0.25, 0.3) is 0 Å². The topological polar surface area (TPSA) is 29.0 Å². The summed E-state index contributed by atoms with van der Waals surface area (Å²) in [5, 5.41) is 0. The zero-order valence-corrected chi connectivity index (χ0v) is 15.9. The quantitative estimate of drug-likeness (QED) is 0.658. The fourth-order valence-corrected chi connectivity index (χ4v) is 4.68. The molecule has 3 heterocycles. The number of aromatic nitrogens is 2. The second-order valence-corrected chi connectivity index (χ2v) is 8.74. The van der Waals surface area contributed by atoms with Crippen molar-refractivity contribution in [3.05, 3.63) is 70.1 Å². The van der Waals surface area contributed by atoms with E-state index in [1.807, 2.05) is 11.3 Å². The lowest BCUT2D eigenvalue weighted by molar-refractivity contribution is 0.244. The molecule has 26 heavy (non-hydrogen) atoms. The van der Waals surface area contributed by atoms with Crippen LogP contribution in [0, 0.1) is 6.92 Å². The fourth-order valence-electron chi connectivity index (χ4n) is 3.62. The average molecular weight is 362 g/mol. The normalized spacial score (nSPS) is 17.3. The summed E-state index contributed by atoms with van der Waals surface area (Å²) >= 11 is 1.91. The summed E-state index contributed by atoms with van der Waals surface area (Å²) in [6.45, 7) is 5.21. The van der Waals surface area contributed by atoms with Gasteiger partial charge in [-0.1, -0.05) is 29.8 Å². The van der Waals surface area contributed by atoms with E-state index in [2.05, 4.69) is 59.4 Å². The van der Waals surface area contributed by atoms with Gasteiger partial charge in [-0.25, -0.2) is 9.97 Å². The molecule has 1 aliphatic heterocycles. The van der Waals surface area contributed by atoms with Gasteiger partial charge in [0.1, 0.15) is 5.82 Å². The van der Waals surface area contributed by atoms with Crippen molar-refractivity contribution in [3.63, 3.8) is 0 Å². The third-order valence-corrected chi connectivity index (χ3v) is 6.47. The van der Waals surface area contributed by atoms with Gasteiger partial charge in [0.2, 0.25) is 0 Å². The molecule has 0 amide bonds. The maximum atomic E-state index is 4.83. The van der Waals surface area contributed by atoms with Gasteiger partial charge >= 0.3 is 0 Å². The van der Waals surface area contributed by atoms with Crippen LogP contribution in [0.3, 0.4) is 0 Å². The van der Waals surface area contributed by atoms with E-state index in [-0.39, 0.29) is 0 Å². The third-order valence-electron chi connectivity index (χ3n) is 5.35. The van der Waals surface area contributed by atoms with Crippen molar-refractivity contribution in [1.82, 2.24) is 14.9 Å². The third kappa shape index (κ3) is 3.31. The number of thiophene rings is 1. The first-order valence-corrected chi connectivity index (χ1v) is 10.3. The van der Waals surface area contributed by atoms with E-state index in [0.717, 1.165) is 31.9 Å². The molecule has 1 aliphatic carbocycles. The second kappa shape index (κ2) is 6.60. The Morgan fingerprint density at radius 2 is 1.96 bits per heavy atom. The Balaban J connectivity index is 1.28. The van der Waals surface area contributed by atoms with Gasteiger partial charge in [0.05, 0.1) is 0 Å². The van der Waals surface area contributed by atoms with Crippen molar-refractivity contribution < 1.29 is 0 Å². The molecule has 0 radical (unpaired) electrons. The number of aryl methyl sites for hydroxylation is 1. The van der Waals surface area contributed by atoms with Gasteiger partial charge in [-0.2, -0.15) is 0 Å². The van der Waals surface area contributed by atoms with Crippen molar-refractivity contribution >= 4 is 11.3 Å². The number of fused-ring (bicyclic) bond motifs is 1. The van der Waals surface area contributed by atoms with Crippen molar-refractivity contribution in [2.45, 2.75) is 45.2 Å². The largest absolute Gasteiger partial charge is 0.293 e. The van der Waals surface area contributed by atoms with Gasteiger partial charge in [0, 0.05) is 59.2 Å². The molecule has 3 aromatic rings. The van der Waals surface area contributed by atoms with Crippen LogP contribution in [-0.4, -0.2) is 21.4 Å². The maximum Gasteiger partial charge on any atom is 0.131 e. The summed E-state index contributed by atoms with van der Waals surface area (Å²) in [5.74, 6) is 1.72. The van der Waals surface area contributed by atoms with Gasteiger partial charge in [-0.3, -0.25) is 4.90 Å². The minimum absolute atomic E-state index is 0.643. The molecule has 1 fully saturated rings. The molecule has 4 heteroatoms. The van der Waals surface area contributed by atoms with E-state index in [1.54, 1.807) is 0 Å². The van der Waals surface area contributed by atoms with E-state index in [1.165, 1.54) is 45.0 Å². The summed E-state index contributed by atoms with van der Waals surface area (Å²) < 4.78 is 0. The van der Waals surface area contributed by atoms with Crippen LogP contribution in [0.4, 0.5) is 0 Å². The molecule has 3 nitrogen and oxygen atoms in total. The Morgan fingerprint density at radius 1 is 1.12 bits per heavy atom. The second-order valence-electron chi connectivity index (χ2n) is 7.57. The minimum atomic E-state index is 0.643. The Morgan fingerprint density at radius 3 is 2.77 bits per heavy atom. The molecule has 2 aliphatic rings. The Bertz CT molecular complexity index is 925. The van der Waals surface area contributed by atoms with Gasteiger partial charge in [0.15, 0.2) is 0 Å². The standard InChI is InChI=1S/C22H23N3S/c1-15-2-4-16(5-3-15)21-9-8-19(26-21)14-25-11-10-20-18(13-25)12-23-22(24-20)17-6-7-17/h2-5,8-9,12,17H,6-7,10-11,13-14H2,1H3. The van der Waals surface area contributed by atoms with Crippen LogP contribution in [0.1, 0.15) is 46.3 Å². The molecule has 1 aromatic carbocycles. The lowest BCUT2D eigenvalue weighted by atomic mass is 10.1. The van der Waals surface area contributed by atoms with Crippen molar-refractivity contribution in [2.75, 3.05) is 6.54 Å². The first-order valence-electron chi connectivity index (χ1n) is 9.47. The van der Waals surface area contributed by atoms with E-state index < -0.39 is 0 Å². The summed E-state index contributed by atoms with van der Waals surface area (Å²) in [5.41, 5.74) is 5.22. The highest BCUT2D eigenvalue weighted by Crippen LogP contribution is 2.38. The van der Waals surface area contributed by atoms with Crippen LogP contribution in [0.25, 0.3) is 10.4 Å². The molecule has 0 bridgehead atoms. The Hall–Kier alpha value is -2.04. The number of hydrogen-bond acceptors (Lipinski definition) is 4. The molecule has 0 unspecified atom stereocenters. The highest BCUT2D eigenvalue weighted by atomic mass is 32.1. The summed E-state index contributed by atoms with van der Waals surface area (Å²) in [7, 11) is 0. The predicted octanol–water partition coefficient (Wildman–Crippen LogP) is 4.95. The van der Waals surface area contributed by atoms with Crippen LogP contribution in [0.5, 0.6) is 0 Å². The average Bonchev–Trinajstić information content (AvgIpc) is 3.41. The van der Waals surface area contributed by atoms with E-state index in [0.29, 0.717) is 5.92 Å². The van der Waals surface area contributed by atoms with Crippen molar-refractivity contribution in [3.8, 4) is 10.4 Å². The zero-order valence-electron chi connectivity index (χ0n) is 15.1. The van der Waals surface area contributed by atoms with Gasteiger partial charge in [-0.05, 0) is 37.5 Å². The van der Waals surface area contributed by atoms with Crippen LogP contribution >= 0.6 is 11.3 Å². The van der Waals surface area contributed by atoms with Gasteiger partial charge in [-0.15, -0.1) is 11.3 Å². The van der Waals surface area contributed by atoms with Crippen molar-refractivity contribution in [2.24, 2.45) is 0 Å². The summed E-state index contributed by atoms with van der Waals surface area (Å²) in [4.78, 5) is 14.8. The predicted molar refractivity (Wildman–Crippen MR) is 106 cm³/mol. The van der Waals surface area contributed by atoms with Crippen molar-refractivity contribution in [1.29, 1.82) is 0 Å². The molecule has 1 saturated carbocycles. The highest BCUT2D eigenvalue weighted by molar-refractivity contribution is 7.15. The van der Waals surface area contributed by atoms with E-state index in [9.17, 15) is 0 Å². The van der Waals surface area contributed by atoms with Crippen LogP contribution in [0.15, 0.2) is 42.6 Å². The van der Waals surface area contributed by atoms with E-state index >= 15 is 0 Å². The lowest BCUT2D eigenvalue weighted by Gasteiger charge is -2.27. The molecule has 0 spiro atoms. The first kappa shape index (κ1) is 16.2. The number of benzene rings is 1. The molecular formula is C22H23N3S. The number of hydrogen-bond donors (Lipinski definition) is 0. The van der Waals surface area contributed by atoms with Crippen LogP contribution < -0.4 is 0 Å². The number of nitrogens with zero attached hydrogens (tertiary/aromatic N) is 3. The molecule has 5 rings (SSSR count). The molecular weight excluding hydrogens is 338 g/mol. The fraction of sp³-hybridized carbons (Fsp3) is 0.364. The molecule has 0 N–H and O–H groups in total. The van der Waals surface area contributed by atoms with Gasteiger partial charge < -0.3 is 0 Å².